The number of carbonyl (C=O) groups is 2. The van der Waals surface area contributed by atoms with E-state index in [1.807, 2.05) is 0 Å². The maximum Gasteiger partial charge on any atom is 0.287 e. The van der Waals surface area contributed by atoms with Crippen LogP contribution < -0.4 is 5.32 Å². The molecule has 0 saturated heterocycles. The van der Waals surface area contributed by atoms with Gasteiger partial charge in [-0.3, -0.25) is 14.6 Å². The van der Waals surface area contributed by atoms with Gasteiger partial charge in [0.1, 0.15) is 6.34 Å². The first kappa shape index (κ1) is 23.2. The van der Waals surface area contributed by atoms with Gasteiger partial charge in [-0.2, -0.15) is 0 Å². The number of amides is 1. The average molecular weight is 378 g/mol. The molecule has 152 valence electrons. The summed E-state index contributed by atoms with van der Waals surface area (Å²) < 4.78 is 5.59. The second-order valence-electron chi connectivity index (χ2n) is 6.83. The largest absolute Gasteiger partial charge is 0.375 e. The minimum atomic E-state index is -0.475. The number of nitrogens with zero attached hydrogens (tertiary/aromatic N) is 2. The van der Waals surface area contributed by atoms with Crippen LogP contribution in [-0.2, 0) is 14.3 Å². The first-order chi connectivity index (χ1) is 13.2. The Labute approximate surface area is 163 Å². The highest BCUT2D eigenvalue weighted by Crippen LogP contribution is 2.08. The van der Waals surface area contributed by atoms with Crippen molar-refractivity contribution in [3.8, 4) is 0 Å². The molecule has 0 unspecified atom stereocenters. The maximum atomic E-state index is 11.3. The number of nitrogens with one attached hydrogen (secondary N) is 1. The Kier molecular flexibility index (Phi) is 14.1. The molecular weight excluding hydrogens is 342 g/mol. The Morgan fingerprint density at radius 2 is 1.70 bits per heavy atom. The molecule has 1 aliphatic rings. The van der Waals surface area contributed by atoms with E-state index in [1.54, 1.807) is 6.34 Å². The van der Waals surface area contributed by atoms with E-state index in [0.717, 1.165) is 50.8 Å². The summed E-state index contributed by atoms with van der Waals surface area (Å²) in [5.41, 5.74) is 1.03. The van der Waals surface area contributed by atoms with Crippen molar-refractivity contribution in [1.82, 2.24) is 5.32 Å². The monoisotopic (exact) mass is 377 g/mol. The van der Waals surface area contributed by atoms with Gasteiger partial charge in [0.25, 0.3) is 5.91 Å². The molecule has 0 bridgehead atoms. The van der Waals surface area contributed by atoms with Crippen LogP contribution in [0, 0.1) is 0 Å². The summed E-state index contributed by atoms with van der Waals surface area (Å²) in [4.78, 5) is 30.5. The molecule has 6 nitrogen and oxygen atoms in total. The maximum absolute atomic E-state index is 11.3. The molecule has 0 saturated carbocycles. The van der Waals surface area contributed by atoms with Gasteiger partial charge in [0.2, 0.25) is 5.78 Å². The molecule has 0 atom stereocenters. The predicted octanol–water partition coefficient (Wildman–Crippen LogP) is 3.65. The van der Waals surface area contributed by atoms with Crippen molar-refractivity contribution >= 4 is 23.7 Å². The number of allylic oxidation sites excluding steroid dienone is 2. The minimum Gasteiger partial charge on any atom is -0.375 e. The average Bonchev–Trinajstić information content (AvgIpc) is 3.20. The van der Waals surface area contributed by atoms with Crippen molar-refractivity contribution in [1.29, 1.82) is 0 Å². The fourth-order valence-corrected chi connectivity index (χ4v) is 2.79. The van der Waals surface area contributed by atoms with Crippen LogP contribution in [0.25, 0.3) is 0 Å². The second-order valence-corrected chi connectivity index (χ2v) is 6.83. The van der Waals surface area contributed by atoms with E-state index in [0.29, 0.717) is 19.6 Å². The van der Waals surface area contributed by atoms with E-state index in [4.69, 9.17) is 4.74 Å². The van der Waals surface area contributed by atoms with E-state index in [1.165, 1.54) is 32.7 Å². The SMILES string of the molecule is CNC(=O)C(=O)CCCCC/C=C\CCCCCCCOCC1=NC=NC1. The Bertz CT molecular complexity index is 513. The topological polar surface area (TPSA) is 80.1 Å². The van der Waals surface area contributed by atoms with Gasteiger partial charge in [0.05, 0.1) is 18.9 Å². The third kappa shape index (κ3) is 13.1. The van der Waals surface area contributed by atoms with Crippen LogP contribution in [0.3, 0.4) is 0 Å². The lowest BCUT2D eigenvalue weighted by atomic mass is 10.1. The third-order valence-electron chi connectivity index (χ3n) is 4.45. The summed E-state index contributed by atoms with van der Waals surface area (Å²) in [6.07, 6.45) is 17.7. The second kappa shape index (κ2) is 16.4. The van der Waals surface area contributed by atoms with Crippen molar-refractivity contribution in [2.24, 2.45) is 9.98 Å². The first-order valence-electron chi connectivity index (χ1n) is 10.3. The molecule has 1 aliphatic heterocycles. The number of hydrogen-bond acceptors (Lipinski definition) is 5. The number of likely N-dealkylation sites (N-methyl/N-ethyl adjacent to an activating group) is 1. The Balaban J connectivity index is 1.76. The van der Waals surface area contributed by atoms with E-state index >= 15 is 0 Å². The number of unbranched alkanes of at least 4 members (excludes halogenated alkanes) is 8. The van der Waals surface area contributed by atoms with Crippen LogP contribution in [0.2, 0.25) is 0 Å². The molecule has 1 amide bonds. The number of ether oxygens (including phenoxy) is 1. The molecule has 0 spiro atoms. The summed E-state index contributed by atoms with van der Waals surface area (Å²) >= 11 is 0. The Morgan fingerprint density at radius 1 is 1.04 bits per heavy atom. The molecule has 0 aliphatic carbocycles. The summed E-state index contributed by atoms with van der Waals surface area (Å²) in [6, 6.07) is 0. The van der Waals surface area contributed by atoms with Crippen LogP contribution in [0.1, 0.15) is 70.6 Å². The van der Waals surface area contributed by atoms with Gasteiger partial charge >= 0.3 is 0 Å². The van der Waals surface area contributed by atoms with Gasteiger partial charge in [-0.25, -0.2) is 4.99 Å². The lowest BCUT2D eigenvalue weighted by molar-refractivity contribution is -0.137. The van der Waals surface area contributed by atoms with E-state index < -0.39 is 5.91 Å². The molecule has 1 N–H and O–H groups in total. The predicted molar refractivity (Wildman–Crippen MR) is 111 cm³/mol. The number of aliphatic imine (C=N–C) groups is 2. The van der Waals surface area contributed by atoms with Crippen molar-refractivity contribution in [3.05, 3.63) is 12.2 Å². The summed E-state index contributed by atoms with van der Waals surface area (Å²) in [5, 5.41) is 2.36. The van der Waals surface area contributed by atoms with E-state index in [2.05, 4.69) is 27.5 Å². The normalized spacial score (nSPS) is 13.3. The molecular formula is C21H35N3O3. The smallest absolute Gasteiger partial charge is 0.287 e. The summed E-state index contributed by atoms with van der Waals surface area (Å²) in [6.45, 7) is 2.13. The molecule has 0 aromatic carbocycles. The quantitative estimate of drug-likeness (QED) is 0.239. The zero-order valence-electron chi connectivity index (χ0n) is 16.8. The molecule has 0 radical (unpaired) electrons. The lowest BCUT2D eigenvalue weighted by Gasteiger charge is -2.03. The zero-order valence-corrected chi connectivity index (χ0v) is 16.8. The molecule has 1 heterocycles. The van der Waals surface area contributed by atoms with Gasteiger partial charge in [0.15, 0.2) is 0 Å². The third-order valence-corrected chi connectivity index (χ3v) is 4.45. The van der Waals surface area contributed by atoms with Gasteiger partial charge < -0.3 is 10.1 Å². The summed E-state index contributed by atoms with van der Waals surface area (Å²) in [7, 11) is 1.49. The van der Waals surface area contributed by atoms with Crippen molar-refractivity contribution in [3.63, 3.8) is 0 Å². The number of ketones is 1. The molecule has 0 fully saturated rings. The Hall–Kier alpha value is -1.82. The highest BCUT2D eigenvalue weighted by Gasteiger charge is 2.09. The number of carbonyl (C=O) groups excluding carboxylic acids is 2. The number of hydrogen-bond donors (Lipinski definition) is 1. The van der Waals surface area contributed by atoms with Gasteiger partial charge in [-0.1, -0.05) is 37.8 Å². The number of rotatable bonds is 17. The van der Waals surface area contributed by atoms with Crippen LogP contribution in [0.15, 0.2) is 22.1 Å². The van der Waals surface area contributed by atoms with Gasteiger partial charge in [0, 0.05) is 20.1 Å². The van der Waals surface area contributed by atoms with Crippen LogP contribution in [0.5, 0.6) is 0 Å². The lowest BCUT2D eigenvalue weighted by Crippen LogP contribution is -2.27. The highest BCUT2D eigenvalue weighted by atomic mass is 16.5. The van der Waals surface area contributed by atoms with Crippen LogP contribution >= 0.6 is 0 Å². The fourth-order valence-electron chi connectivity index (χ4n) is 2.79. The van der Waals surface area contributed by atoms with Crippen LogP contribution in [0.4, 0.5) is 0 Å². The van der Waals surface area contributed by atoms with Crippen molar-refractivity contribution < 1.29 is 14.3 Å². The molecule has 0 aromatic rings. The van der Waals surface area contributed by atoms with E-state index in [9.17, 15) is 9.59 Å². The fraction of sp³-hybridized carbons (Fsp3) is 0.714. The summed E-state index contributed by atoms with van der Waals surface area (Å²) in [5.74, 6) is -0.783. The first-order valence-corrected chi connectivity index (χ1v) is 10.3. The molecule has 27 heavy (non-hydrogen) atoms. The molecule has 0 aromatic heterocycles. The van der Waals surface area contributed by atoms with Crippen LogP contribution in [-0.4, -0.2) is 50.5 Å². The minimum absolute atomic E-state index is 0.308. The highest BCUT2D eigenvalue weighted by molar-refractivity contribution is 6.36. The van der Waals surface area contributed by atoms with Gasteiger partial charge in [-0.15, -0.1) is 0 Å². The molecule has 1 rings (SSSR count). The molecule has 6 heteroatoms. The number of Topliss-reactive ketones (excluding diaryl/α,β-unsaturated/α-hetero) is 1. The van der Waals surface area contributed by atoms with Gasteiger partial charge in [-0.05, 0) is 38.5 Å². The van der Waals surface area contributed by atoms with Crippen molar-refractivity contribution in [2.75, 3.05) is 26.8 Å². The standard InChI is InChI=1S/C21H35N3O3/c1-22-21(26)20(25)14-12-10-8-6-4-2-3-5-7-9-11-13-15-27-17-19-16-23-18-24-19/h2,4,18H,3,5-17H2,1H3,(H,22,26)/b4-2-. The zero-order chi connectivity index (χ0) is 19.6. The van der Waals surface area contributed by atoms with E-state index in [-0.39, 0.29) is 5.78 Å². The van der Waals surface area contributed by atoms with Crippen molar-refractivity contribution in [2.45, 2.75) is 70.6 Å². The Morgan fingerprint density at radius 3 is 2.37 bits per heavy atom.